The number of methoxy groups -OCH3 is 1. The Bertz CT molecular complexity index is 788. The third kappa shape index (κ3) is 2.97. The number of ether oxygens (including phenoxy) is 1. The number of anilines is 1. The number of hydrogen-bond acceptors (Lipinski definition) is 9. The molecule has 0 saturated carbocycles. The number of benzene rings is 1. The van der Waals surface area contributed by atoms with Gasteiger partial charge in [0, 0.05) is 0 Å². The number of aromatic nitrogens is 2. The van der Waals surface area contributed by atoms with Crippen LogP contribution in [0.1, 0.15) is 20.7 Å². The van der Waals surface area contributed by atoms with E-state index in [0.717, 1.165) is 28.0 Å². The number of rotatable bonds is 5. The Morgan fingerprint density at radius 1 is 1.29 bits per heavy atom. The second kappa shape index (κ2) is 6.57. The first kappa shape index (κ1) is 16.4. The fourth-order valence-corrected chi connectivity index (χ4v) is 4.14. The molecule has 2 amide bonds. The number of nitrogens with zero attached hydrogens (tertiary/aromatic N) is 3. The molecule has 1 aliphatic rings. The van der Waals surface area contributed by atoms with Crippen LogP contribution in [0.25, 0.3) is 0 Å². The van der Waals surface area contributed by atoms with E-state index in [9.17, 15) is 14.4 Å². The summed E-state index contributed by atoms with van der Waals surface area (Å²) >= 11 is 2.17. The van der Waals surface area contributed by atoms with Crippen molar-refractivity contribution in [1.29, 1.82) is 0 Å². The van der Waals surface area contributed by atoms with E-state index in [4.69, 9.17) is 10.5 Å². The van der Waals surface area contributed by atoms with Crippen LogP contribution in [-0.2, 0) is 9.53 Å². The number of carbonyl (C=O) groups is 3. The lowest BCUT2D eigenvalue weighted by atomic mass is 10.1. The number of thioether (sulfide) groups is 1. The van der Waals surface area contributed by atoms with Crippen LogP contribution in [0.3, 0.4) is 0 Å². The molecular weight excluding hydrogens is 352 g/mol. The highest BCUT2D eigenvalue weighted by Crippen LogP contribution is 2.31. The maximum atomic E-state index is 12.4. The summed E-state index contributed by atoms with van der Waals surface area (Å²) in [5, 5.41) is 6.96. The molecule has 124 valence electrons. The minimum atomic E-state index is -0.815. The van der Waals surface area contributed by atoms with Gasteiger partial charge >= 0.3 is 5.97 Å². The number of esters is 1. The summed E-state index contributed by atoms with van der Waals surface area (Å²) in [5.74, 6) is -1.42. The van der Waals surface area contributed by atoms with Crippen LogP contribution < -0.4 is 5.73 Å². The lowest BCUT2D eigenvalue weighted by molar-refractivity contribution is -0.140. The molecule has 2 N–H and O–H groups in total. The second-order valence-corrected chi connectivity index (χ2v) is 7.26. The van der Waals surface area contributed by atoms with Crippen LogP contribution >= 0.6 is 23.1 Å². The van der Waals surface area contributed by atoms with Gasteiger partial charge in [0.05, 0.1) is 24.8 Å². The average molecular weight is 364 g/mol. The van der Waals surface area contributed by atoms with Crippen molar-refractivity contribution in [2.45, 2.75) is 9.59 Å². The predicted molar refractivity (Wildman–Crippen MR) is 87.8 cm³/mol. The quantitative estimate of drug-likeness (QED) is 0.475. The normalized spacial score (nSPS) is 14.6. The standard InChI is InChI=1S/C14H12N4O4S2/c1-22-12(21)9(23-14-17-16-13(15)24-14)6-18-10(19)7-4-2-3-5-8(7)11(18)20/h2-5,9H,6H2,1H3,(H2,15,16)/t9-/m1/s1. The molecule has 8 nitrogen and oxygen atoms in total. The zero-order valence-electron chi connectivity index (χ0n) is 12.5. The predicted octanol–water partition coefficient (Wildman–Crippen LogP) is 1.05. The van der Waals surface area contributed by atoms with E-state index in [2.05, 4.69) is 10.2 Å². The minimum absolute atomic E-state index is 0.122. The van der Waals surface area contributed by atoms with Crippen molar-refractivity contribution in [2.24, 2.45) is 0 Å². The molecule has 2 heterocycles. The van der Waals surface area contributed by atoms with Gasteiger partial charge in [-0.2, -0.15) is 0 Å². The van der Waals surface area contributed by atoms with E-state index in [1.165, 1.54) is 7.11 Å². The van der Waals surface area contributed by atoms with E-state index in [1.54, 1.807) is 24.3 Å². The van der Waals surface area contributed by atoms with Gasteiger partial charge in [-0.1, -0.05) is 35.2 Å². The Hall–Kier alpha value is -2.46. The lowest BCUT2D eigenvalue weighted by Crippen LogP contribution is -2.39. The number of hydrogen-bond donors (Lipinski definition) is 1. The van der Waals surface area contributed by atoms with Gasteiger partial charge < -0.3 is 10.5 Å². The summed E-state index contributed by atoms with van der Waals surface area (Å²) in [6, 6.07) is 6.54. The molecule has 1 aliphatic heterocycles. The van der Waals surface area contributed by atoms with Crippen LogP contribution in [0.4, 0.5) is 5.13 Å². The molecule has 24 heavy (non-hydrogen) atoms. The van der Waals surface area contributed by atoms with Crippen molar-refractivity contribution in [2.75, 3.05) is 19.4 Å². The van der Waals surface area contributed by atoms with E-state index in [0.29, 0.717) is 15.5 Å². The molecule has 0 radical (unpaired) electrons. The highest BCUT2D eigenvalue weighted by molar-refractivity contribution is 8.02. The Morgan fingerprint density at radius 3 is 2.42 bits per heavy atom. The molecule has 0 spiro atoms. The van der Waals surface area contributed by atoms with Gasteiger partial charge in [0.25, 0.3) is 11.8 Å². The molecule has 1 aromatic carbocycles. The first-order chi connectivity index (χ1) is 11.5. The van der Waals surface area contributed by atoms with Gasteiger partial charge in [0.2, 0.25) is 5.13 Å². The van der Waals surface area contributed by atoms with Gasteiger partial charge in [-0.25, -0.2) is 0 Å². The Labute approximate surface area is 145 Å². The maximum Gasteiger partial charge on any atom is 0.321 e. The van der Waals surface area contributed by atoms with E-state index in [-0.39, 0.29) is 11.7 Å². The summed E-state index contributed by atoms with van der Waals surface area (Å²) in [5.41, 5.74) is 6.18. The van der Waals surface area contributed by atoms with Crippen molar-refractivity contribution >= 4 is 46.0 Å². The van der Waals surface area contributed by atoms with E-state index in [1.807, 2.05) is 0 Å². The van der Waals surface area contributed by atoms with Crippen LogP contribution in [0.5, 0.6) is 0 Å². The molecular formula is C14H12N4O4S2. The second-order valence-electron chi connectivity index (χ2n) is 4.80. The first-order valence-corrected chi connectivity index (χ1v) is 8.49. The molecule has 2 aromatic rings. The summed E-state index contributed by atoms with van der Waals surface area (Å²) in [4.78, 5) is 37.9. The average Bonchev–Trinajstić information content (AvgIpc) is 3.10. The van der Waals surface area contributed by atoms with Crippen LogP contribution in [0, 0.1) is 0 Å². The zero-order valence-corrected chi connectivity index (χ0v) is 14.1. The highest BCUT2D eigenvalue weighted by atomic mass is 32.2. The van der Waals surface area contributed by atoms with Crippen LogP contribution in [0.2, 0.25) is 0 Å². The SMILES string of the molecule is COC(=O)[C@@H](CN1C(=O)c2ccccc2C1=O)Sc1nnc(N)s1. The van der Waals surface area contributed by atoms with Gasteiger partial charge in [-0.15, -0.1) is 10.2 Å². The smallest absolute Gasteiger partial charge is 0.321 e. The molecule has 10 heteroatoms. The fraction of sp³-hybridized carbons (Fsp3) is 0.214. The third-order valence-electron chi connectivity index (χ3n) is 3.36. The minimum Gasteiger partial charge on any atom is -0.468 e. The largest absolute Gasteiger partial charge is 0.468 e. The van der Waals surface area contributed by atoms with Crippen molar-refractivity contribution in [1.82, 2.24) is 15.1 Å². The monoisotopic (exact) mass is 364 g/mol. The van der Waals surface area contributed by atoms with Crippen molar-refractivity contribution in [3.8, 4) is 0 Å². The number of imide groups is 1. The van der Waals surface area contributed by atoms with Crippen molar-refractivity contribution < 1.29 is 19.1 Å². The molecule has 0 fully saturated rings. The van der Waals surface area contributed by atoms with Crippen LogP contribution in [0.15, 0.2) is 28.6 Å². The number of nitrogen functional groups attached to an aromatic ring is 1. The number of amides is 2. The first-order valence-electron chi connectivity index (χ1n) is 6.80. The summed E-state index contributed by atoms with van der Waals surface area (Å²) in [6.45, 7) is -0.122. The van der Waals surface area contributed by atoms with Gasteiger partial charge in [0.15, 0.2) is 4.34 Å². The topological polar surface area (TPSA) is 115 Å². The number of nitrogens with two attached hydrogens (primary N) is 1. The Morgan fingerprint density at radius 2 is 1.92 bits per heavy atom. The van der Waals surface area contributed by atoms with Crippen molar-refractivity contribution in [3.63, 3.8) is 0 Å². The number of fused-ring (bicyclic) bond motifs is 1. The summed E-state index contributed by atoms with van der Waals surface area (Å²) < 4.78 is 5.22. The Balaban J connectivity index is 1.82. The molecule has 0 saturated heterocycles. The fourth-order valence-electron chi connectivity index (χ4n) is 2.25. The van der Waals surface area contributed by atoms with Gasteiger partial charge in [-0.3, -0.25) is 19.3 Å². The number of carbonyl (C=O) groups excluding carboxylic acids is 3. The third-order valence-corrected chi connectivity index (χ3v) is 5.35. The zero-order chi connectivity index (χ0) is 17.3. The summed E-state index contributed by atoms with van der Waals surface area (Å²) in [7, 11) is 1.24. The molecule has 0 unspecified atom stereocenters. The lowest BCUT2D eigenvalue weighted by Gasteiger charge is -2.19. The Kier molecular flexibility index (Phi) is 4.49. The van der Waals surface area contributed by atoms with Gasteiger partial charge in [0.1, 0.15) is 5.25 Å². The van der Waals surface area contributed by atoms with Crippen molar-refractivity contribution in [3.05, 3.63) is 35.4 Å². The highest BCUT2D eigenvalue weighted by Gasteiger charge is 2.38. The van der Waals surface area contributed by atoms with E-state index >= 15 is 0 Å². The van der Waals surface area contributed by atoms with E-state index < -0.39 is 23.0 Å². The molecule has 3 rings (SSSR count). The molecule has 1 atom stereocenters. The van der Waals surface area contributed by atoms with Crippen LogP contribution in [-0.4, -0.2) is 51.8 Å². The molecule has 1 aromatic heterocycles. The van der Waals surface area contributed by atoms with Gasteiger partial charge in [-0.05, 0) is 12.1 Å². The molecule has 0 bridgehead atoms. The molecule has 0 aliphatic carbocycles. The summed E-state index contributed by atoms with van der Waals surface area (Å²) in [6.07, 6.45) is 0. The maximum absolute atomic E-state index is 12.4.